The van der Waals surface area contributed by atoms with Gasteiger partial charge in [-0.2, -0.15) is 0 Å². The fourth-order valence-electron chi connectivity index (χ4n) is 5.26. The summed E-state index contributed by atoms with van der Waals surface area (Å²) in [6.07, 6.45) is 12.1. The molecule has 0 bridgehead atoms. The van der Waals surface area contributed by atoms with Gasteiger partial charge >= 0.3 is 5.97 Å². The lowest BCUT2D eigenvalue weighted by Gasteiger charge is -2.38. The number of esters is 1. The summed E-state index contributed by atoms with van der Waals surface area (Å²) in [4.78, 5) is 30.2. The average molecular weight is 478 g/mol. The topological polar surface area (TPSA) is 69.7 Å². The predicted octanol–water partition coefficient (Wildman–Crippen LogP) is 5.56. The molecule has 2 heterocycles. The zero-order chi connectivity index (χ0) is 22.7. The third-order valence-electron chi connectivity index (χ3n) is 7.28. The highest BCUT2D eigenvalue weighted by Gasteiger charge is 2.38. The van der Waals surface area contributed by atoms with E-state index in [4.69, 9.17) is 4.74 Å². The molecule has 0 N–H and O–H groups in total. The maximum absolute atomic E-state index is 13.9. The summed E-state index contributed by atoms with van der Waals surface area (Å²) in [6, 6.07) is 2.05. The first-order valence-electron chi connectivity index (χ1n) is 12.1. The minimum Gasteiger partial charge on any atom is -0.616 e. The van der Waals surface area contributed by atoms with Crippen LogP contribution in [0.4, 0.5) is 5.69 Å². The van der Waals surface area contributed by atoms with E-state index < -0.39 is 11.2 Å². The Bertz CT molecular complexity index is 848. The molecule has 0 radical (unpaired) electrons. The minimum absolute atomic E-state index is 0.00127. The summed E-state index contributed by atoms with van der Waals surface area (Å²) in [5.41, 5.74) is 1.99. The van der Waals surface area contributed by atoms with Gasteiger partial charge in [-0.1, -0.05) is 24.2 Å². The number of allylic oxidation sites excluding steroid dienone is 2. The van der Waals surface area contributed by atoms with Gasteiger partial charge in [0, 0.05) is 29.7 Å². The van der Waals surface area contributed by atoms with E-state index in [1.165, 1.54) is 30.4 Å². The van der Waals surface area contributed by atoms with Crippen molar-refractivity contribution in [2.75, 3.05) is 23.5 Å². The van der Waals surface area contributed by atoms with Crippen LogP contribution in [0.25, 0.3) is 5.57 Å². The molecule has 0 atom stereocenters. The molecule has 3 aliphatic rings. The van der Waals surface area contributed by atoms with Crippen LogP contribution in [0.1, 0.15) is 85.7 Å². The molecular weight excluding hydrogens is 442 g/mol. The summed E-state index contributed by atoms with van der Waals surface area (Å²) in [7, 11) is 1.41. The van der Waals surface area contributed by atoms with Gasteiger partial charge in [-0.15, -0.1) is 11.3 Å². The van der Waals surface area contributed by atoms with Crippen LogP contribution in [-0.4, -0.2) is 41.1 Å². The number of methoxy groups -OCH3 is 1. The number of carbonyl (C=O) groups excluding carboxylic acids is 2. The first-order chi connectivity index (χ1) is 15.5. The van der Waals surface area contributed by atoms with Gasteiger partial charge < -0.3 is 14.2 Å². The first kappa shape index (κ1) is 23.8. The molecule has 7 heteroatoms. The SMILES string of the molecule is COC(=O)c1sc(C2=CCCCC2)cc1N(C(=O)C1CCC(C)CC1)C1CC[S+]([O-])CC1. The second-order valence-corrected chi connectivity index (χ2v) is 12.3. The van der Waals surface area contributed by atoms with Crippen molar-refractivity contribution in [1.82, 2.24) is 0 Å². The van der Waals surface area contributed by atoms with E-state index in [-0.39, 0.29) is 23.8 Å². The van der Waals surface area contributed by atoms with Gasteiger partial charge in [-0.3, -0.25) is 4.79 Å². The fraction of sp³-hybridized carbons (Fsp3) is 0.680. The number of carbonyl (C=O) groups is 2. The third kappa shape index (κ3) is 5.26. The third-order valence-corrected chi connectivity index (χ3v) is 9.84. The number of hydrogen-bond acceptors (Lipinski definition) is 5. The van der Waals surface area contributed by atoms with Crippen molar-refractivity contribution in [1.29, 1.82) is 0 Å². The molecule has 5 nitrogen and oxygen atoms in total. The molecule has 1 saturated carbocycles. The van der Waals surface area contributed by atoms with Crippen molar-refractivity contribution in [3.05, 3.63) is 21.9 Å². The number of thiophene rings is 1. The highest BCUT2D eigenvalue weighted by atomic mass is 32.2. The smallest absolute Gasteiger partial charge is 0.350 e. The Hall–Kier alpha value is -1.31. The van der Waals surface area contributed by atoms with Gasteiger partial charge in [0.15, 0.2) is 0 Å². The molecule has 32 heavy (non-hydrogen) atoms. The van der Waals surface area contributed by atoms with E-state index in [9.17, 15) is 14.1 Å². The predicted molar refractivity (Wildman–Crippen MR) is 132 cm³/mol. The van der Waals surface area contributed by atoms with Gasteiger partial charge in [-0.05, 0) is 68.9 Å². The number of anilines is 1. The van der Waals surface area contributed by atoms with Crippen molar-refractivity contribution < 1.29 is 18.9 Å². The Morgan fingerprint density at radius 1 is 1.12 bits per heavy atom. The molecule has 176 valence electrons. The summed E-state index contributed by atoms with van der Waals surface area (Å²) < 4.78 is 17.2. The maximum atomic E-state index is 13.9. The van der Waals surface area contributed by atoms with Crippen LogP contribution < -0.4 is 4.90 Å². The zero-order valence-electron chi connectivity index (χ0n) is 19.3. The maximum Gasteiger partial charge on any atom is 0.350 e. The van der Waals surface area contributed by atoms with E-state index in [0.29, 0.717) is 28.0 Å². The Labute approximate surface area is 198 Å². The molecule has 2 aliphatic carbocycles. The van der Waals surface area contributed by atoms with Crippen molar-refractivity contribution in [2.24, 2.45) is 11.8 Å². The van der Waals surface area contributed by atoms with Gasteiger partial charge in [0.05, 0.1) is 12.8 Å². The molecule has 4 rings (SSSR count). The van der Waals surface area contributed by atoms with Crippen LogP contribution in [0.2, 0.25) is 0 Å². The highest BCUT2D eigenvalue weighted by molar-refractivity contribution is 7.91. The number of nitrogens with zero attached hydrogens (tertiary/aromatic N) is 1. The number of hydrogen-bond donors (Lipinski definition) is 0. The van der Waals surface area contributed by atoms with Crippen molar-refractivity contribution >= 4 is 45.6 Å². The second-order valence-electron chi connectivity index (χ2n) is 9.54. The zero-order valence-corrected chi connectivity index (χ0v) is 20.9. The van der Waals surface area contributed by atoms with Gasteiger partial charge in [0.25, 0.3) is 0 Å². The van der Waals surface area contributed by atoms with Crippen LogP contribution in [0.3, 0.4) is 0 Å². The van der Waals surface area contributed by atoms with Crippen LogP contribution in [0.15, 0.2) is 12.1 Å². The number of rotatable bonds is 5. The van der Waals surface area contributed by atoms with E-state index in [1.54, 1.807) is 0 Å². The van der Waals surface area contributed by atoms with E-state index in [2.05, 4.69) is 19.1 Å². The van der Waals surface area contributed by atoms with Gasteiger partial charge in [0.1, 0.15) is 16.4 Å². The van der Waals surface area contributed by atoms with E-state index >= 15 is 0 Å². The van der Waals surface area contributed by atoms with Crippen LogP contribution >= 0.6 is 11.3 Å². The fourth-order valence-corrected chi connectivity index (χ4v) is 7.67. The van der Waals surface area contributed by atoms with Gasteiger partial charge in [-0.25, -0.2) is 4.79 Å². The quantitative estimate of drug-likeness (QED) is 0.411. The second kappa shape index (κ2) is 10.7. The standard InChI is InChI=1S/C25H35NO4S2/c1-17-8-10-19(11-9-17)24(27)26(20-12-14-32(29)15-13-20)21-16-22(18-6-4-3-5-7-18)31-23(21)25(28)30-2/h6,16-17,19-20H,3-5,7-15H2,1-2H3. The molecule has 0 unspecified atom stereocenters. The van der Waals surface area contributed by atoms with E-state index in [1.807, 2.05) is 4.90 Å². The summed E-state index contributed by atoms with van der Waals surface area (Å²) in [6.45, 7) is 2.26. The highest BCUT2D eigenvalue weighted by Crippen LogP contribution is 2.41. The van der Waals surface area contributed by atoms with Crippen molar-refractivity contribution in [3.8, 4) is 0 Å². The summed E-state index contributed by atoms with van der Waals surface area (Å²) in [5.74, 6) is 1.67. The van der Waals surface area contributed by atoms with Crippen molar-refractivity contribution in [2.45, 2.75) is 77.2 Å². The largest absolute Gasteiger partial charge is 0.616 e. The van der Waals surface area contributed by atoms with Crippen molar-refractivity contribution in [3.63, 3.8) is 0 Å². The van der Waals surface area contributed by atoms with Crippen LogP contribution in [-0.2, 0) is 20.7 Å². The Balaban J connectivity index is 1.72. The molecule has 0 spiro atoms. The number of amides is 1. The number of ether oxygens (including phenoxy) is 1. The lowest BCUT2D eigenvalue weighted by Crippen LogP contribution is -2.48. The average Bonchev–Trinajstić information content (AvgIpc) is 3.26. The summed E-state index contributed by atoms with van der Waals surface area (Å²) >= 11 is 0.652. The Morgan fingerprint density at radius 3 is 2.47 bits per heavy atom. The molecule has 1 aromatic rings. The molecule has 1 aromatic heterocycles. The molecule has 2 fully saturated rings. The molecule has 1 saturated heterocycles. The molecule has 1 aliphatic heterocycles. The Morgan fingerprint density at radius 2 is 1.84 bits per heavy atom. The monoisotopic (exact) mass is 477 g/mol. The Kier molecular flexibility index (Phi) is 8.00. The van der Waals surface area contributed by atoms with Crippen LogP contribution in [0.5, 0.6) is 0 Å². The lowest BCUT2D eigenvalue weighted by atomic mass is 9.82. The van der Waals surface area contributed by atoms with E-state index in [0.717, 1.165) is 62.7 Å². The lowest BCUT2D eigenvalue weighted by molar-refractivity contribution is -0.124. The van der Waals surface area contributed by atoms with Crippen LogP contribution in [0, 0.1) is 11.8 Å². The van der Waals surface area contributed by atoms with Gasteiger partial charge in [0.2, 0.25) is 5.91 Å². The minimum atomic E-state index is -0.807. The molecule has 1 amide bonds. The first-order valence-corrected chi connectivity index (χ1v) is 14.4. The normalized spacial score (nSPS) is 28.7. The summed E-state index contributed by atoms with van der Waals surface area (Å²) in [5, 5.41) is 0. The molecular formula is C25H35NO4S2. The molecule has 0 aromatic carbocycles.